The van der Waals surface area contributed by atoms with Gasteiger partial charge in [-0.2, -0.15) is 0 Å². The molecule has 0 atom stereocenters. The zero-order valence-electron chi connectivity index (χ0n) is 11.8. The largest absolute Gasteiger partial charge is 0.512 e. The highest BCUT2D eigenvalue weighted by atomic mass is 32.1. The smallest absolute Gasteiger partial charge is 0.449 e. The number of hydrogen-bond acceptors (Lipinski definition) is 5. The minimum atomic E-state index is -1.35. The molecule has 1 amide bonds. The Balaban J connectivity index is 2.15. The minimum Gasteiger partial charge on any atom is -0.449 e. The summed E-state index contributed by atoms with van der Waals surface area (Å²) in [5.41, 5.74) is 0.0000566. The third-order valence-corrected chi connectivity index (χ3v) is 3.31. The lowest BCUT2D eigenvalue weighted by Crippen LogP contribution is -2.27. The van der Waals surface area contributed by atoms with Crippen LogP contribution in [0.4, 0.5) is 15.3 Å². The fourth-order valence-corrected chi connectivity index (χ4v) is 2.59. The Bertz CT molecular complexity index is 686. The van der Waals surface area contributed by atoms with Crippen LogP contribution in [0.25, 0.3) is 10.1 Å². The average Bonchev–Trinajstić information content (AvgIpc) is 2.66. The maximum Gasteiger partial charge on any atom is 0.512 e. The molecular weight excluding hydrogens is 294 g/mol. The van der Waals surface area contributed by atoms with Crippen LogP contribution in [-0.4, -0.2) is 23.0 Å². The summed E-state index contributed by atoms with van der Waals surface area (Å²) in [6.45, 7) is 5.35. The summed E-state index contributed by atoms with van der Waals surface area (Å²) in [6.07, 6.45) is -1.89. The van der Waals surface area contributed by atoms with Gasteiger partial charge in [0.15, 0.2) is 5.06 Å². The number of nitrogens with one attached hydrogen (secondary N) is 1. The van der Waals surface area contributed by atoms with Gasteiger partial charge in [-0.05, 0) is 38.3 Å². The van der Waals surface area contributed by atoms with Crippen molar-refractivity contribution in [3.8, 4) is 5.06 Å². The molecule has 0 spiro atoms. The maximum absolute atomic E-state index is 11.7. The molecule has 1 heterocycles. The number of benzene rings is 1. The van der Waals surface area contributed by atoms with Gasteiger partial charge >= 0.3 is 12.2 Å². The van der Waals surface area contributed by atoms with Crippen molar-refractivity contribution in [3.63, 3.8) is 0 Å². The second-order valence-electron chi connectivity index (χ2n) is 5.31. The Hall–Kier alpha value is -2.28. The zero-order valence-corrected chi connectivity index (χ0v) is 12.6. The number of carbonyl (C=O) groups excluding carboxylic acids is 1. The Morgan fingerprint density at radius 2 is 1.95 bits per heavy atom. The number of fused-ring (bicyclic) bond motifs is 1. The zero-order chi connectivity index (χ0) is 15.6. The van der Waals surface area contributed by atoms with Gasteiger partial charge in [-0.15, -0.1) is 0 Å². The van der Waals surface area contributed by atoms with Crippen LogP contribution in [0.5, 0.6) is 5.06 Å². The number of rotatable bonds is 2. The molecule has 0 fully saturated rings. The number of ether oxygens (including phenoxy) is 2. The number of carbonyl (C=O) groups is 2. The van der Waals surface area contributed by atoms with Gasteiger partial charge in [0.05, 0.1) is 0 Å². The first kappa shape index (κ1) is 15.1. The van der Waals surface area contributed by atoms with Crippen molar-refractivity contribution in [1.29, 1.82) is 0 Å². The molecule has 21 heavy (non-hydrogen) atoms. The molecule has 1 aromatic heterocycles. The minimum absolute atomic E-state index is 0.284. The molecule has 0 radical (unpaired) electrons. The van der Waals surface area contributed by atoms with Gasteiger partial charge in [0.2, 0.25) is 0 Å². The van der Waals surface area contributed by atoms with E-state index in [0.29, 0.717) is 5.69 Å². The summed E-state index contributed by atoms with van der Waals surface area (Å²) in [6, 6.07) is 6.85. The van der Waals surface area contributed by atoms with Crippen LogP contribution in [-0.2, 0) is 4.74 Å². The van der Waals surface area contributed by atoms with Gasteiger partial charge < -0.3 is 14.6 Å². The average molecular weight is 309 g/mol. The molecule has 2 rings (SSSR count). The van der Waals surface area contributed by atoms with Gasteiger partial charge in [-0.3, -0.25) is 5.32 Å². The molecule has 7 heteroatoms. The summed E-state index contributed by atoms with van der Waals surface area (Å²) in [4.78, 5) is 22.2. The van der Waals surface area contributed by atoms with Crippen molar-refractivity contribution in [1.82, 2.24) is 0 Å². The first-order valence-corrected chi connectivity index (χ1v) is 6.99. The Morgan fingerprint density at radius 1 is 1.24 bits per heavy atom. The van der Waals surface area contributed by atoms with Gasteiger partial charge in [-0.1, -0.05) is 17.4 Å². The number of hydrogen-bond donors (Lipinski definition) is 2. The molecule has 0 bridgehead atoms. The van der Waals surface area contributed by atoms with E-state index in [1.807, 2.05) is 0 Å². The molecule has 2 aromatic rings. The molecular formula is C14H15NO5S. The SMILES string of the molecule is CC(C)(C)OC(=O)Nc1ccc2cc(OC(=O)O)sc2c1. The van der Waals surface area contributed by atoms with Gasteiger partial charge in [0, 0.05) is 16.5 Å². The van der Waals surface area contributed by atoms with E-state index < -0.39 is 17.8 Å². The van der Waals surface area contributed by atoms with E-state index in [-0.39, 0.29) is 5.06 Å². The molecule has 0 aliphatic rings. The lowest BCUT2D eigenvalue weighted by atomic mass is 10.2. The van der Waals surface area contributed by atoms with Gasteiger partial charge in [-0.25, -0.2) is 9.59 Å². The summed E-state index contributed by atoms with van der Waals surface area (Å²) in [7, 11) is 0. The quantitative estimate of drug-likeness (QED) is 0.808. The van der Waals surface area contributed by atoms with Gasteiger partial charge in [0.1, 0.15) is 5.60 Å². The van der Waals surface area contributed by atoms with E-state index in [9.17, 15) is 9.59 Å². The summed E-state index contributed by atoms with van der Waals surface area (Å²) in [5.74, 6) is 0. The van der Waals surface area contributed by atoms with Crippen molar-refractivity contribution in [2.75, 3.05) is 5.32 Å². The van der Waals surface area contributed by atoms with Gasteiger partial charge in [0.25, 0.3) is 0 Å². The van der Waals surface area contributed by atoms with Crippen molar-refractivity contribution < 1.29 is 24.2 Å². The van der Waals surface area contributed by atoms with Crippen LogP contribution in [0.15, 0.2) is 24.3 Å². The maximum atomic E-state index is 11.7. The Kier molecular flexibility index (Phi) is 4.04. The van der Waals surface area contributed by atoms with E-state index in [4.69, 9.17) is 9.84 Å². The predicted octanol–water partition coefficient (Wildman–Crippen LogP) is 4.31. The standard InChI is InChI=1S/C14H15NO5S/c1-14(2,3)20-12(16)15-9-5-4-8-6-11(19-13(17)18)21-10(8)7-9/h4-7H,1-3H3,(H,15,16)(H,17,18). The Morgan fingerprint density at radius 3 is 2.57 bits per heavy atom. The van der Waals surface area contributed by atoms with Crippen molar-refractivity contribution in [2.45, 2.75) is 26.4 Å². The highest BCUT2D eigenvalue weighted by Crippen LogP contribution is 2.33. The van der Waals surface area contributed by atoms with Crippen molar-refractivity contribution >= 4 is 39.4 Å². The second-order valence-corrected chi connectivity index (χ2v) is 6.36. The topological polar surface area (TPSA) is 84.9 Å². The summed E-state index contributed by atoms with van der Waals surface area (Å²) < 4.78 is 10.6. The number of thiophene rings is 1. The van der Waals surface area contributed by atoms with E-state index in [1.165, 1.54) is 11.3 Å². The molecule has 1 aromatic carbocycles. The molecule has 0 aliphatic heterocycles. The van der Waals surface area contributed by atoms with Crippen molar-refractivity contribution in [2.24, 2.45) is 0 Å². The second kappa shape index (κ2) is 5.61. The summed E-state index contributed by atoms with van der Waals surface area (Å²) in [5, 5.41) is 12.3. The molecule has 0 aliphatic carbocycles. The van der Waals surface area contributed by atoms with Crippen LogP contribution < -0.4 is 10.1 Å². The van der Waals surface area contributed by atoms with Crippen LogP contribution in [0.1, 0.15) is 20.8 Å². The van der Waals surface area contributed by atoms with Crippen LogP contribution >= 0.6 is 11.3 Å². The number of amides is 1. The summed E-state index contributed by atoms with van der Waals surface area (Å²) >= 11 is 1.18. The first-order chi connectivity index (χ1) is 9.73. The number of anilines is 1. The predicted molar refractivity (Wildman–Crippen MR) is 80.3 cm³/mol. The highest BCUT2D eigenvalue weighted by molar-refractivity contribution is 7.20. The number of carboxylic acid groups (broad SMARTS) is 1. The van der Waals surface area contributed by atoms with Crippen LogP contribution in [0.3, 0.4) is 0 Å². The van der Waals surface area contributed by atoms with Crippen molar-refractivity contribution in [3.05, 3.63) is 24.3 Å². The molecule has 0 saturated heterocycles. The monoisotopic (exact) mass is 309 g/mol. The van der Waals surface area contributed by atoms with E-state index >= 15 is 0 Å². The molecule has 0 saturated carbocycles. The molecule has 6 nitrogen and oxygen atoms in total. The lowest BCUT2D eigenvalue weighted by Gasteiger charge is -2.19. The lowest BCUT2D eigenvalue weighted by molar-refractivity contribution is 0.0636. The normalized spacial score (nSPS) is 11.2. The third kappa shape index (κ3) is 4.35. The Labute approximate surface area is 125 Å². The van der Waals surface area contributed by atoms with Crippen LogP contribution in [0.2, 0.25) is 0 Å². The van der Waals surface area contributed by atoms with Crippen LogP contribution in [0, 0.1) is 0 Å². The highest BCUT2D eigenvalue weighted by Gasteiger charge is 2.16. The fourth-order valence-electron chi connectivity index (χ4n) is 1.64. The third-order valence-electron chi connectivity index (χ3n) is 2.33. The molecule has 0 unspecified atom stereocenters. The molecule has 2 N–H and O–H groups in total. The van der Waals surface area contributed by atoms with E-state index in [2.05, 4.69) is 10.1 Å². The fraction of sp³-hybridized carbons (Fsp3) is 0.286. The molecule has 112 valence electrons. The van der Waals surface area contributed by atoms with E-state index in [1.54, 1.807) is 45.0 Å². The van der Waals surface area contributed by atoms with E-state index in [0.717, 1.165) is 10.1 Å². The first-order valence-electron chi connectivity index (χ1n) is 6.17.